The van der Waals surface area contributed by atoms with Crippen LogP contribution in [-0.4, -0.2) is 37.5 Å². The fraction of sp³-hybridized carbons (Fsp3) is 0.900. The SMILES string of the molecule is CCCN(CCC)CCCNC=O. The van der Waals surface area contributed by atoms with Gasteiger partial charge in [-0.15, -0.1) is 0 Å². The molecule has 1 amide bonds. The van der Waals surface area contributed by atoms with E-state index in [-0.39, 0.29) is 0 Å². The van der Waals surface area contributed by atoms with Gasteiger partial charge in [-0.3, -0.25) is 4.79 Å². The van der Waals surface area contributed by atoms with E-state index in [1.54, 1.807) is 0 Å². The first-order valence-electron chi connectivity index (χ1n) is 5.24. The van der Waals surface area contributed by atoms with Crippen LogP contribution in [0, 0.1) is 0 Å². The van der Waals surface area contributed by atoms with Crippen LogP contribution in [0.15, 0.2) is 0 Å². The molecule has 0 saturated carbocycles. The predicted octanol–water partition coefficient (Wildman–Crippen LogP) is 1.24. The van der Waals surface area contributed by atoms with Crippen LogP contribution in [0.3, 0.4) is 0 Å². The average molecular weight is 186 g/mol. The van der Waals surface area contributed by atoms with Crippen LogP contribution in [0.1, 0.15) is 33.1 Å². The quantitative estimate of drug-likeness (QED) is 0.434. The first-order chi connectivity index (χ1) is 6.35. The molecule has 0 aliphatic heterocycles. The zero-order chi connectivity index (χ0) is 9.94. The van der Waals surface area contributed by atoms with Crippen LogP contribution in [0.5, 0.6) is 0 Å². The molecule has 0 aliphatic carbocycles. The van der Waals surface area contributed by atoms with Crippen LogP contribution in [0.2, 0.25) is 0 Å². The minimum atomic E-state index is 0.768. The van der Waals surface area contributed by atoms with Crippen molar-refractivity contribution >= 4 is 6.41 Å². The number of hydrogen-bond acceptors (Lipinski definition) is 2. The lowest BCUT2D eigenvalue weighted by Crippen LogP contribution is -2.28. The average Bonchev–Trinajstić information content (AvgIpc) is 2.13. The summed E-state index contributed by atoms with van der Waals surface area (Å²) in [4.78, 5) is 12.4. The van der Waals surface area contributed by atoms with Crippen LogP contribution < -0.4 is 5.32 Å². The number of nitrogens with zero attached hydrogens (tertiary/aromatic N) is 1. The standard InChI is InChI=1S/C10H22N2O/c1-3-7-12(8-4-2)9-5-6-11-10-13/h10H,3-9H2,1-2H3,(H,11,13). The summed E-state index contributed by atoms with van der Waals surface area (Å²) in [5, 5.41) is 2.68. The summed E-state index contributed by atoms with van der Waals surface area (Å²) < 4.78 is 0. The van der Waals surface area contributed by atoms with Crippen LogP contribution in [0.25, 0.3) is 0 Å². The zero-order valence-corrected chi connectivity index (χ0v) is 8.88. The molecule has 0 bridgehead atoms. The third-order valence-electron chi connectivity index (χ3n) is 1.96. The Balaban J connectivity index is 3.37. The summed E-state index contributed by atoms with van der Waals surface area (Å²) in [5.41, 5.74) is 0. The molecule has 0 rings (SSSR count). The monoisotopic (exact) mass is 186 g/mol. The number of rotatable bonds is 9. The molecule has 0 radical (unpaired) electrons. The Bertz CT molecular complexity index is 111. The maximum absolute atomic E-state index is 9.98. The Hall–Kier alpha value is -0.570. The molecule has 0 saturated heterocycles. The molecule has 0 aromatic carbocycles. The third kappa shape index (κ3) is 7.78. The Morgan fingerprint density at radius 2 is 1.77 bits per heavy atom. The predicted molar refractivity (Wildman–Crippen MR) is 55.7 cm³/mol. The molecule has 3 nitrogen and oxygen atoms in total. The Kier molecular flexibility index (Phi) is 9.10. The van der Waals surface area contributed by atoms with E-state index in [1.165, 1.54) is 25.9 Å². The highest BCUT2D eigenvalue weighted by Crippen LogP contribution is 1.95. The van der Waals surface area contributed by atoms with E-state index in [9.17, 15) is 4.79 Å². The number of nitrogens with one attached hydrogen (secondary N) is 1. The van der Waals surface area contributed by atoms with Crippen molar-refractivity contribution in [2.45, 2.75) is 33.1 Å². The molecule has 0 fully saturated rings. The molecular weight excluding hydrogens is 164 g/mol. The summed E-state index contributed by atoms with van der Waals surface area (Å²) in [7, 11) is 0. The third-order valence-corrected chi connectivity index (χ3v) is 1.96. The first kappa shape index (κ1) is 12.4. The van der Waals surface area contributed by atoms with Gasteiger partial charge < -0.3 is 10.2 Å². The van der Waals surface area contributed by atoms with Crippen molar-refractivity contribution < 1.29 is 4.79 Å². The highest BCUT2D eigenvalue weighted by atomic mass is 16.1. The van der Waals surface area contributed by atoms with Gasteiger partial charge >= 0.3 is 0 Å². The second-order valence-electron chi connectivity index (χ2n) is 3.27. The van der Waals surface area contributed by atoms with Gasteiger partial charge in [-0.1, -0.05) is 13.8 Å². The number of carbonyl (C=O) groups excluding carboxylic acids is 1. The highest BCUT2D eigenvalue weighted by Gasteiger charge is 2.00. The van der Waals surface area contributed by atoms with Gasteiger partial charge in [0.05, 0.1) is 0 Å². The fourth-order valence-corrected chi connectivity index (χ4v) is 1.43. The second-order valence-corrected chi connectivity index (χ2v) is 3.27. The van der Waals surface area contributed by atoms with E-state index in [0.717, 1.165) is 25.9 Å². The van der Waals surface area contributed by atoms with Gasteiger partial charge in [0.15, 0.2) is 0 Å². The van der Waals surface area contributed by atoms with Gasteiger partial charge in [0.25, 0.3) is 0 Å². The number of carbonyl (C=O) groups is 1. The molecule has 0 aromatic rings. The Labute approximate surface area is 81.5 Å². The van der Waals surface area contributed by atoms with Crippen molar-refractivity contribution in [3.05, 3.63) is 0 Å². The van der Waals surface area contributed by atoms with Crippen molar-refractivity contribution in [3.63, 3.8) is 0 Å². The lowest BCUT2D eigenvalue weighted by atomic mass is 10.3. The van der Waals surface area contributed by atoms with E-state index in [0.29, 0.717) is 0 Å². The molecule has 0 heterocycles. The molecule has 78 valence electrons. The molecule has 0 spiro atoms. The van der Waals surface area contributed by atoms with Gasteiger partial charge in [0, 0.05) is 6.54 Å². The minimum Gasteiger partial charge on any atom is -0.359 e. The van der Waals surface area contributed by atoms with Gasteiger partial charge in [-0.05, 0) is 38.9 Å². The van der Waals surface area contributed by atoms with Crippen LogP contribution in [0.4, 0.5) is 0 Å². The summed E-state index contributed by atoms with van der Waals surface area (Å²) in [6.45, 7) is 8.65. The minimum absolute atomic E-state index is 0.768. The molecule has 3 heteroatoms. The van der Waals surface area contributed by atoms with Crippen LogP contribution in [-0.2, 0) is 4.79 Å². The first-order valence-corrected chi connectivity index (χ1v) is 5.24. The Morgan fingerprint density at radius 1 is 1.15 bits per heavy atom. The van der Waals surface area contributed by atoms with Gasteiger partial charge in [-0.2, -0.15) is 0 Å². The van der Waals surface area contributed by atoms with Crippen molar-refractivity contribution in [1.82, 2.24) is 10.2 Å². The van der Waals surface area contributed by atoms with Gasteiger partial charge in [0.1, 0.15) is 0 Å². The largest absolute Gasteiger partial charge is 0.359 e. The molecule has 0 aliphatic rings. The molecule has 1 N–H and O–H groups in total. The highest BCUT2D eigenvalue weighted by molar-refractivity contribution is 5.45. The van der Waals surface area contributed by atoms with Crippen molar-refractivity contribution in [1.29, 1.82) is 0 Å². The lowest BCUT2D eigenvalue weighted by Gasteiger charge is -2.20. The van der Waals surface area contributed by atoms with Crippen LogP contribution >= 0.6 is 0 Å². The summed E-state index contributed by atoms with van der Waals surface area (Å²) >= 11 is 0. The summed E-state index contributed by atoms with van der Waals surface area (Å²) in [6, 6.07) is 0. The van der Waals surface area contributed by atoms with E-state index < -0.39 is 0 Å². The maximum atomic E-state index is 9.98. The van der Waals surface area contributed by atoms with E-state index in [4.69, 9.17) is 0 Å². The fourth-order valence-electron chi connectivity index (χ4n) is 1.43. The Morgan fingerprint density at radius 3 is 2.23 bits per heavy atom. The smallest absolute Gasteiger partial charge is 0.207 e. The van der Waals surface area contributed by atoms with E-state index in [2.05, 4.69) is 24.1 Å². The second kappa shape index (κ2) is 9.52. The molecule has 0 unspecified atom stereocenters. The topological polar surface area (TPSA) is 32.3 Å². The zero-order valence-electron chi connectivity index (χ0n) is 8.88. The normalized spacial score (nSPS) is 10.4. The molecule has 0 aromatic heterocycles. The summed E-state index contributed by atoms with van der Waals surface area (Å²) in [5.74, 6) is 0. The molecule has 0 atom stereocenters. The van der Waals surface area contributed by atoms with Gasteiger partial charge in [0.2, 0.25) is 6.41 Å². The number of hydrogen-bond donors (Lipinski definition) is 1. The lowest BCUT2D eigenvalue weighted by molar-refractivity contribution is -0.109. The van der Waals surface area contributed by atoms with E-state index in [1.807, 2.05) is 0 Å². The van der Waals surface area contributed by atoms with Crippen molar-refractivity contribution in [2.24, 2.45) is 0 Å². The summed E-state index contributed by atoms with van der Waals surface area (Å²) in [6.07, 6.45) is 4.24. The number of amides is 1. The van der Waals surface area contributed by atoms with E-state index >= 15 is 0 Å². The van der Waals surface area contributed by atoms with Gasteiger partial charge in [-0.25, -0.2) is 0 Å². The molecular formula is C10H22N2O. The van der Waals surface area contributed by atoms with Crippen molar-refractivity contribution in [2.75, 3.05) is 26.2 Å². The van der Waals surface area contributed by atoms with Crippen molar-refractivity contribution in [3.8, 4) is 0 Å². The molecule has 13 heavy (non-hydrogen) atoms. The maximum Gasteiger partial charge on any atom is 0.207 e.